The molecule has 0 aromatic carbocycles. The summed E-state index contributed by atoms with van der Waals surface area (Å²) in [5, 5.41) is 102. The summed E-state index contributed by atoms with van der Waals surface area (Å²) in [6.07, 6.45) is -5.28. The molecule has 0 aliphatic rings. The molecule has 0 saturated carbocycles. The molecule has 0 bridgehead atoms. The first-order chi connectivity index (χ1) is 18.8. The Balaban J connectivity index is -0.0000000487. The van der Waals surface area contributed by atoms with Crippen LogP contribution in [0, 0.1) is 0 Å². The fraction of sp³-hybridized carbons (Fsp3) is 0.333. The number of carboxylic acid groups (broad SMARTS) is 12. The monoisotopic (exact) mass is 692 g/mol. The minimum atomic E-state index is -1.56. The molecule has 8 N–H and O–H groups in total. The van der Waals surface area contributed by atoms with E-state index in [0.717, 1.165) is 0 Å². The predicted molar refractivity (Wildman–Crippen MR) is 125 cm³/mol. The first-order valence-electron chi connectivity index (χ1n) is 9.30. The van der Waals surface area contributed by atoms with Gasteiger partial charge >= 0.3 is 117 Å². The number of carboxylic acids is 12. The van der Waals surface area contributed by atoms with E-state index >= 15 is 0 Å². The Morgan fingerprint density at radius 3 is 0.444 bits per heavy atom. The molecule has 240 valence electrons. The maximum Gasteiger partial charge on any atom is 2.00 e. The molecular weight excluding hydrogens is 673 g/mol. The zero-order chi connectivity index (χ0) is 35.2. The zero-order valence-electron chi connectivity index (χ0n) is 22.5. The third kappa shape index (κ3) is 145. The van der Waals surface area contributed by atoms with Crippen molar-refractivity contribution in [1.82, 2.24) is 0 Å². The Bertz CT molecular complexity index is 716. The van der Waals surface area contributed by atoms with Crippen molar-refractivity contribution in [3.63, 3.8) is 0 Å². The Morgan fingerprint density at radius 2 is 0.444 bits per heavy atom. The molecule has 0 aromatic heterocycles. The molecule has 0 aromatic rings. The van der Waals surface area contributed by atoms with Gasteiger partial charge in [0.15, 0.2) is 0 Å². The van der Waals surface area contributed by atoms with Crippen molar-refractivity contribution in [1.29, 1.82) is 0 Å². The minimum Gasteiger partial charge on any atom is -0.550 e. The molecule has 0 rings (SSSR count). The summed E-state index contributed by atoms with van der Waals surface area (Å²) in [5.41, 5.74) is 0. The van der Waals surface area contributed by atoms with E-state index in [1.807, 2.05) is 0 Å². The van der Waals surface area contributed by atoms with Gasteiger partial charge in [-0.1, -0.05) is 0 Å². The van der Waals surface area contributed by atoms with Crippen LogP contribution in [0.4, 0.5) is 0 Å². The smallest absolute Gasteiger partial charge is 0.550 e. The second-order valence-corrected chi connectivity index (χ2v) is 5.70. The van der Waals surface area contributed by atoms with Gasteiger partial charge in [-0.15, -0.1) is 0 Å². The Labute approximate surface area is 296 Å². The number of carbonyl (C=O) groups is 10. The standard InChI is InChI=1S/6C3H4O4.3Mg/c6*4-2(5)1-3(6)7;;;/h6*1H2,(H,4,5)(H,6,7);;;/q;;;;;;3*+2/p-4. The largest absolute Gasteiger partial charge is 2.00 e. The van der Waals surface area contributed by atoms with Gasteiger partial charge in [-0.3, -0.25) is 39.0 Å². The minimum absolute atomic E-state index is 0. The third-order valence-electron chi connectivity index (χ3n) is 1.79. The normalized spacial score (nSPS) is 7.47. The van der Waals surface area contributed by atoms with E-state index < -0.39 is 110 Å². The van der Waals surface area contributed by atoms with Crippen LogP contribution in [0.5, 0.6) is 0 Å². The molecule has 0 fully saturated rings. The fourth-order valence-electron chi connectivity index (χ4n) is 0.753. The number of hydrogen-bond donors (Lipinski definition) is 6. The first-order valence-corrected chi connectivity index (χ1v) is 9.30. The molecule has 0 atom stereocenters. The van der Waals surface area contributed by atoms with Gasteiger partial charge in [-0.05, 0) is 0 Å². The van der Waals surface area contributed by atoms with Crippen LogP contribution in [0.25, 0.3) is 0 Å². The zero-order valence-corrected chi connectivity index (χ0v) is 26.7. The quantitative estimate of drug-likeness (QED) is 0.0627. The molecular formula is C18H20Mg3O24+2. The summed E-state index contributed by atoms with van der Waals surface area (Å²) in [6.45, 7) is 0. The third-order valence-corrected chi connectivity index (χ3v) is 1.79. The van der Waals surface area contributed by atoms with Crippen LogP contribution in [-0.2, 0) is 47.9 Å². The van der Waals surface area contributed by atoms with E-state index in [-0.39, 0.29) is 69.2 Å². The van der Waals surface area contributed by atoms with Gasteiger partial charge in [0, 0.05) is 0 Å². The Kier molecular flexibility index (Phi) is 59.9. The second kappa shape index (κ2) is 42.1. The summed E-state index contributed by atoms with van der Waals surface area (Å²) in [7, 11) is 0. The molecule has 27 heteroatoms. The van der Waals surface area contributed by atoms with E-state index in [2.05, 4.69) is 0 Å². The van der Waals surface area contributed by atoms with Crippen molar-refractivity contribution in [2.75, 3.05) is 0 Å². The van der Waals surface area contributed by atoms with Gasteiger partial charge in [0.05, 0.1) is 49.6 Å². The maximum absolute atomic E-state index is 9.43. The van der Waals surface area contributed by atoms with Gasteiger partial charge in [0.1, 0.15) is 12.8 Å². The molecule has 0 spiro atoms. The molecule has 0 aliphatic carbocycles. The average Bonchev–Trinajstić information content (AvgIpc) is 2.63. The van der Waals surface area contributed by atoms with E-state index in [9.17, 15) is 78.6 Å². The maximum atomic E-state index is 9.43. The first kappa shape index (κ1) is 64.0. The van der Waals surface area contributed by atoms with Crippen molar-refractivity contribution in [2.24, 2.45) is 0 Å². The Morgan fingerprint density at radius 1 is 0.333 bits per heavy atom. The summed E-state index contributed by atoms with van der Waals surface area (Å²) in [5.74, 6) is -17.0. The van der Waals surface area contributed by atoms with Crippen LogP contribution < -0.4 is 30.6 Å². The summed E-state index contributed by atoms with van der Waals surface area (Å²) >= 11 is 0. The molecule has 45 heavy (non-hydrogen) atoms. The van der Waals surface area contributed by atoms with Crippen LogP contribution in [-0.4, -0.2) is 181 Å². The summed E-state index contributed by atoms with van der Waals surface area (Å²) in [6, 6.07) is 0. The van der Waals surface area contributed by atoms with Crippen molar-refractivity contribution in [3.05, 3.63) is 0 Å². The van der Waals surface area contributed by atoms with Crippen molar-refractivity contribution >= 4 is 141 Å². The molecule has 0 amide bonds. The van der Waals surface area contributed by atoms with Crippen molar-refractivity contribution in [3.8, 4) is 0 Å². The number of rotatable bonds is 12. The molecule has 0 unspecified atom stereocenters. The van der Waals surface area contributed by atoms with Gasteiger partial charge in [0.25, 0.3) is 0 Å². The summed E-state index contributed by atoms with van der Waals surface area (Å²) in [4.78, 5) is 109. The van der Waals surface area contributed by atoms with Gasteiger partial charge in [-0.25, -0.2) is 0 Å². The van der Waals surface area contributed by atoms with Crippen LogP contribution in [0.2, 0.25) is 0 Å². The topological polar surface area (TPSA) is 473 Å². The van der Waals surface area contributed by atoms with E-state index in [1.54, 1.807) is 0 Å². The molecule has 0 aliphatic heterocycles. The number of carbonyl (C=O) groups excluding carboxylic acids is 6. The van der Waals surface area contributed by atoms with E-state index in [0.29, 0.717) is 0 Å². The SMILES string of the molecule is O=C(O)CC([O-])=[OH+].O=C(O)CC([O-])=[OH+].O=C([O-])CC(=O)O.O=C([O-])CC(=O)O.O=C([O-])CC(=O)O.O=C([O-])CC(=O)O.[Mg+2].[Mg+2].[Mg+2]. The van der Waals surface area contributed by atoms with Crippen LogP contribution >= 0.6 is 0 Å². The van der Waals surface area contributed by atoms with Crippen molar-refractivity contribution in [2.45, 2.75) is 38.5 Å². The Hall–Kier alpha value is -4.06. The number of aliphatic carboxylic acids is 12. The van der Waals surface area contributed by atoms with Crippen molar-refractivity contribution < 1.29 is 119 Å². The molecule has 0 saturated heterocycles. The van der Waals surface area contributed by atoms with Crippen LogP contribution in [0.3, 0.4) is 0 Å². The van der Waals surface area contributed by atoms with Gasteiger partial charge in [-0.2, -0.15) is 0 Å². The van der Waals surface area contributed by atoms with E-state index in [4.69, 9.17) is 40.2 Å². The second-order valence-electron chi connectivity index (χ2n) is 5.70. The molecule has 0 heterocycles. The summed E-state index contributed by atoms with van der Waals surface area (Å²) < 4.78 is 0. The van der Waals surface area contributed by atoms with Crippen LogP contribution in [0.15, 0.2) is 0 Å². The molecule has 24 nitrogen and oxygen atoms in total. The average molecular weight is 693 g/mol. The number of hydrogen-bond acceptors (Lipinski definition) is 16. The molecule has 0 radical (unpaired) electrons. The fourth-order valence-corrected chi connectivity index (χ4v) is 0.753. The van der Waals surface area contributed by atoms with Gasteiger partial charge < -0.3 is 79.8 Å². The van der Waals surface area contributed by atoms with Gasteiger partial charge in [0.2, 0.25) is 0 Å². The van der Waals surface area contributed by atoms with E-state index in [1.165, 1.54) is 0 Å². The van der Waals surface area contributed by atoms with Crippen LogP contribution in [0.1, 0.15) is 38.5 Å². The predicted octanol–water partition coefficient (Wildman–Crippen LogP) is -11.9.